The van der Waals surface area contributed by atoms with Gasteiger partial charge in [-0.05, 0) is 24.6 Å². The maximum absolute atomic E-state index is 4.50. The van der Waals surface area contributed by atoms with Gasteiger partial charge in [0.05, 0.1) is 12.2 Å². The van der Waals surface area contributed by atoms with Crippen LogP contribution >= 0.6 is 0 Å². The minimum absolute atomic E-state index is 0.690. The Morgan fingerprint density at radius 2 is 1.82 bits per heavy atom. The lowest BCUT2D eigenvalue weighted by molar-refractivity contribution is 0.957. The highest BCUT2D eigenvalue weighted by molar-refractivity contribution is 5.90. The molecule has 0 N–H and O–H groups in total. The lowest BCUT2D eigenvalue weighted by Gasteiger charge is -1.98. The van der Waals surface area contributed by atoms with Crippen molar-refractivity contribution in [3.05, 3.63) is 77.5 Å². The van der Waals surface area contributed by atoms with Gasteiger partial charge in [0.15, 0.2) is 0 Å². The fraction of sp³-hybridized carbons (Fsp3) is 0.150. The minimum atomic E-state index is 0.690. The molecule has 0 radical (unpaired) electrons. The SMILES string of the molecule is Cc1ccc(/C=C/CN=Cc2cc3ccccc3n2C)cc1. The van der Waals surface area contributed by atoms with E-state index in [2.05, 4.69) is 90.3 Å². The summed E-state index contributed by atoms with van der Waals surface area (Å²) in [6.07, 6.45) is 6.14. The van der Waals surface area contributed by atoms with E-state index in [1.807, 2.05) is 6.21 Å². The van der Waals surface area contributed by atoms with E-state index >= 15 is 0 Å². The fourth-order valence-electron chi connectivity index (χ4n) is 2.51. The molecule has 0 bridgehead atoms. The average molecular weight is 288 g/mol. The Kier molecular flexibility index (Phi) is 4.19. The Morgan fingerprint density at radius 1 is 1.05 bits per heavy atom. The van der Waals surface area contributed by atoms with Gasteiger partial charge >= 0.3 is 0 Å². The van der Waals surface area contributed by atoms with Crippen molar-refractivity contribution in [1.29, 1.82) is 0 Å². The Bertz CT molecular complexity index is 821. The molecule has 1 heterocycles. The van der Waals surface area contributed by atoms with Crippen molar-refractivity contribution in [3.8, 4) is 0 Å². The van der Waals surface area contributed by atoms with Crippen LogP contribution in [-0.2, 0) is 7.05 Å². The van der Waals surface area contributed by atoms with E-state index in [1.54, 1.807) is 0 Å². The summed E-state index contributed by atoms with van der Waals surface area (Å²) in [6, 6.07) is 19.0. The largest absolute Gasteiger partial charge is 0.343 e. The predicted molar refractivity (Wildman–Crippen MR) is 95.6 cm³/mol. The van der Waals surface area contributed by atoms with E-state index in [-0.39, 0.29) is 0 Å². The molecule has 0 fully saturated rings. The van der Waals surface area contributed by atoms with Gasteiger partial charge < -0.3 is 4.57 Å². The van der Waals surface area contributed by atoms with Gasteiger partial charge in [0.2, 0.25) is 0 Å². The average Bonchev–Trinajstić information content (AvgIpc) is 2.86. The van der Waals surface area contributed by atoms with Crippen LogP contribution in [0.15, 0.2) is 65.7 Å². The van der Waals surface area contributed by atoms with Gasteiger partial charge in [0.1, 0.15) is 0 Å². The molecule has 2 heteroatoms. The van der Waals surface area contributed by atoms with Gasteiger partial charge in [0.25, 0.3) is 0 Å². The highest BCUT2D eigenvalue weighted by Gasteiger charge is 2.01. The quantitative estimate of drug-likeness (QED) is 0.623. The zero-order valence-corrected chi connectivity index (χ0v) is 13.0. The number of para-hydroxylation sites is 1. The Hall–Kier alpha value is -2.61. The number of benzene rings is 2. The van der Waals surface area contributed by atoms with Crippen LogP contribution in [0.1, 0.15) is 16.8 Å². The van der Waals surface area contributed by atoms with Crippen LogP contribution in [0.3, 0.4) is 0 Å². The second-order valence-electron chi connectivity index (χ2n) is 5.49. The number of fused-ring (bicyclic) bond motifs is 1. The van der Waals surface area contributed by atoms with Crippen LogP contribution in [0.4, 0.5) is 0 Å². The van der Waals surface area contributed by atoms with Crippen LogP contribution in [0.25, 0.3) is 17.0 Å². The molecule has 3 rings (SSSR count). The first-order valence-electron chi connectivity index (χ1n) is 7.51. The first-order chi connectivity index (χ1) is 10.7. The van der Waals surface area contributed by atoms with E-state index in [0.717, 1.165) is 5.69 Å². The molecule has 0 unspecified atom stereocenters. The molecule has 22 heavy (non-hydrogen) atoms. The predicted octanol–water partition coefficient (Wildman–Crippen LogP) is 4.62. The highest BCUT2D eigenvalue weighted by atomic mass is 15.0. The smallest absolute Gasteiger partial charge is 0.0596 e. The third-order valence-corrected chi connectivity index (χ3v) is 3.81. The Labute approximate surface area is 131 Å². The molecule has 0 saturated carbocycles. The van der Waals surface area contributed by atoms with Crippen molar-refractivity contribution in [2.45, 2.75) is 6.92 Å². The number of aromatic nitrogens is 1. The molecule has 2 aromatic carbocycles. The number of hydrogen-bond acceptors (Lipinski definition) is 1. The topological polar surface area (TPSA) is 17.3 Å². The second-order valence-corrected chi connectivity index (χ2v) is 5.49. The van der Waals surface area contributed by atoms with Crippen molar-refractivity contribution in [1.82, 2.24) is 4.57 Å². The number of aliphatic imine (C=N–C) groups is 1. The lowest BCUT2D eigenvalue weighted by atomic mass is 10.1. The molecular weight excluding hydrogens is 268 g/mol. The summed E-state index contributed by atoms with van der Waals surface area (Å²) in [5.74, 6) is 0. The van der Waals surface area contributed by atoms with Crippen LogP contribution in [0.5, 0.6) is 0 Å². The summed E-state index contributed by atoms with van der Waals surface area (Å²) in [5.41, 5.74) is 4.86. The molecule has 0 aliphatic rings. The number of nitrogens with zero attached hydrogens (tertiary/aromatic N) is 2. The molecule has 0 aliphatic heterocycles. The molecule has 0 atom stereocenters. The molecule has 1 aromatic heterocycles. The minimum Gasteiger partial charge on any atom is -0.343 e. The molecule has 0 aliphatic carbocycles. The van der Waals surface area contributed by atoms with Gasteiger partial charge in [-0.1, -0.05) is 60.2 Å². The number of hydrogen-bond donors (Lipinski definition) is 0. The second kappa shape index (κ2) is 6.44. The fourth-order valence-corrected chi connectivity index (χ4v) is 2.51. The summed E-state index contributed by atoms with van der Waals surface area (Å²) >= 11 is 0. The zero-order valence-electron chi connectivity index (χ0n) is 13.0. The molecule has 3 aromatic rings. The molecule has 0 spiro atoms. The van der Waals surface area contributed by atoms with Gasteiger partial charge in [-0.2, -0.15) is 0 Å². The third kappa shape index (κ3) is 3.17. The standard InChI is InChI=1S/C20H20N2/c1-16-9-11-17(12-10-16)6-5-13-21-15-19-14-18-7-3-4-8-20(18)22(19)2/h3-12,14-15H,13H2,1-2H3/b6-5+,21-15?. The van der Waals surface area contributed by atoms with E-state index in [1.165, 1.54) is 22.0 Å². The maximum atomic E-state index is 4.50. The van der Waals surface area contributed by atoms with Crippen LogP contribution in [-0.4, -0.2) is 17.3 Å². The number of rotatable bonds is 4. The summed E-state index contributed by atoms with van der Waals surface area (Å²) < 4.78 is 2.17. The van der Waals surface area contributed by atoms with Gasteiger partial charge in [-0.25, -0.2) is 0 Å². The first-order valence-corrected chi connectivity index (χ1v) is 7.51. The lowest BCUT2D eigenvalue weighted by Crippen LogP contribution is -1.94. The monoisotopic (exact) mass is 288 g/mol. The summed E-state index contributed by atoms with van der Waals surface area (Å²) in [7, 11) is 2.08. The molecule has 0 amide bonds. The van der Waals surface area contributed by atoms with E-state index in [9.17, 15) is 0 Å². The highest BCUT2D eigenvalue weighted by Crippen LogP contribution is 2.16. The summed E-state index contributed by atoms with van der Waals surface area (Å²) in [4.78, 5) is 4.50. The zero-order chi connectivity index (χ0) is 15.4. The van der Waals surface area contributed by atoms with Crippen molar-refractivity contribution < 1.29 is 0 Å². The van der Waals surface area contributed by atoms with Crippen LogP contribution < -0.4 is 0 Å². The van der Waals surface area contributed by atoms with Gasteiger partial charge in [-0.15, -0.1) is 0 Å². The maximum Gasteiger partial charge on any atom is 0.0596 e. The van der Waals surface area contributed by atoms with Crippen molar-refractivity contribution in [3.63, 3.8) is 0 Å². The van der Waals surface area contributed by atoms with E-state index in [4.69, 9.17) is 0 Å². The Morgan fingerprint density at radius 3 is 2.59 bits per heavy atom. The van der Waals surface area contributed by atoms with Crippen LogP contribution in [0, 0.1) is 6.92 Å². The molecular formula is C20H20N2. The summed E-state index contributed by atoms with van der Waals surface area (Å²) in [5, 5.41) is 1.25. The van der Waals surface area contributed by atoms with Gasteiger partial charge in [-0.3, -0.25) is 4.99 Å². The van der Waals surface area contributed by atoms with Gasteiger partial charge in [0, 0.05) is 24.2 Å². The first kappa shape index (κ1) is 14.3. The number of aryl methyl sites for hydroxylation is 2. The normalized spacial score (nSPS) is 11.9. The molecule has 0 saturated heterocycles. The van der Waals surface area contributed by atoms with E-state index in [0.29, 0.717) is 6.54 Å². The van der Waals surface area contributed by atoms with Crippen LogP contribution in [0.2, 0.25) is 0 Å². The van der Waals surface area contributed by atoms with Crippen molar-refractivity contribution >= 4 is 23.2 Å². The van der Waals surface area contributed by atoms with Crippen molar-refractivity contribution in [2.24, 2.45) is 12.0 Å². The molecule has 110 valence electrons. The Balaban J connectivity index is 1.66. The third-order valence-electron chi connectivity index (χ3n) is 3.81. The van der Waals surface area contributed by atoms with Crippen molar-refractivity contribution in [2.75, 3.05) is 6.54 Å². The van der Waals surface area contributed by atoms with E-state index < -0.39 is 0 Å². The molecule has 2 nitrogen and oxygen atoms in total. The summed E-state index contributed by atoms with van der Waals surface area (Å²) in [6.45, 7) is 2.79.